The number of nitrogens with one attached hydrogen (secondary N) is 2. The van der Waals surface area contributed by atoms with E-state index >= 15 is 0 Å². The number of anilines is 1. The number of rotatable bonds is 5. The minimum atomic E-state index is -3.68. The molecule has 0 aliphatic heterocycles. The van der Waals surface area contributed by atoms with Crippen molar-refractivity contribution in [2.75, 3.05) is 5.32 Å². The summed E-state index contributed by atoms with van der Waals surface area (Å²) in [7, 11) is -3.68. The van der Waals surface area contributed by atoms with E-state index in [1.54, 1.807) is 57.2 Å². The first-order chi connectivity index (χ1) is 12.7. The predicted octanol–water partition coefficient (Wildman–Crippen LogP) is 3.46. The molecule has 1 heterocycles. The molecule has 0 atom stereocenters. The Morgan fingerprint density at radius 3 is 2.52 bits per heavy atom. The SMILES string of the molecule is CC(C)(C)NS(=O)(=O)c1ccccc1CNc1ncnc2c(F)cccc12. The van der Waals surface area contributed by atoms with Crippen LogP contribution in [0.3, 0.4) is 0 Å². The molecule has 27 heavy (non-hydrogen) atoms. The fourth-order valence-corrected chi connectivity index (χ4v) is 4.40. The normalized spacial score (nSPS) is 12.3. The molecule has 0 fully saturated rings. The van der Waals surface area contributed by atoms with Crippen LogP contribution in [0.15, 0.2) is 53.7 Å². The highest BCUT2D eigenvalue weighted by atomic mass is 32.2. The van der Waals surface area contributed by atoms with Gasteiger partial charge in [0.15, 0.2) is 0 Å². The van der Waals surface area contributed by atoms with Crippen molar-refractivity contribution in [3.8, 4) is 0 Å². The Hall–Kier alpha value is -2.58. The molecule has 0 aliphatic rings. The number of sulfonamides is 1. The summed E-state index contributed by atoms with van der Waals surface area (Å²) in [6.07, 6.45) is 1.28. The third kappa shape index (κ3) is 4.40. The average molecular weight is 388 g/mol. The highest BCUT2D eigenvalue weighted by Crippen LogP contribution is 2.23. The largest absolute Gasteiger partial charge is 0.365 e. The van der Waals surface area contributed by atoms with Crippen LogP contribution in [-0.2, 0) is 16.6 Å². The van der Waals surface area contributed by atoms with Crippen LogP contribution in [0.2, 0.25) is 0 Å². The van der Waals surface area contributed by atoms with Crippen LogP contribution >= 0.6 is 0 Å². The Labute approximate surface area is 157 Å². The number of aromatic nitrogens is 2. The Kier molecular flexibility index (Phi) is 5.12. The molecular formula is C19H21FN4O2S. The van der Waals surface area contributed by atoms with Crippen molar-refractivity contribution in [3.63, 3.8) is 0 Å². The van der Waals surface area contributed by atoms with Gasteiger partial charge in [-0.05, 0) is 44.5 Å². The molecule has 0 radical (unpaired) electrons. The van der Waals surface area contributed by atoms with E-state index in [1.165, 1.54) is 12.4 Å². The fourth-order valence-electron chi connectivity index (χ4n) is 2.74. The van der Waals surface area contributed by atoms with Gasteiger partial charge in [-0.3, -0.25) is 0 Å². The predicted molar refractivity (Wildman–Crippen MR) is 103 cm³/mol. The standard InChI is InChI=1S/C19H21FN4O2S/c1-19(2,3)24-27(25,26)16-10-5-4-7-13(16)11-21-18-14-8-6-9-15(20)17(14)22-12-23-18/h4-10,12,24H,11H2,1-3H3,(H,21,22,23). The molecule has 6 nitrogen and oxygen atoms in total. The summed E-state index contributed by atoms with van der Waals surface area (Å²) < 4.78 is 42.0. The molecule has 2 N–H and O–H groups in total. The van der Waals surface area contributed by atoms with Crippen molar-refractivity contribution in [1.29, 1.82) is 0 Å². The van der Waals surface area contributed by atoms with Gasteiger partial charge in [0.05, 0.1) is 4.90 Å². The summed E-state index contributed by atoms with van der Waals surface area (Å²) in [5.74, 6) is 0.00536. The van der Waals surface area contributed by atoms with E-state index in [1.807, 2.05) is 0 Å². The third-order valence-electron chi connectivity index (χ3n) is 3.76. The summed E-state index contributed by atoms with van der Waals surface area (Å²) >= 11 is 0. The second-order valence-electron chi connectivity index (χ2n) is 7.18. The maximum Gasteiger partial charge on any atom is 0.241 e. The summed E-state index contributed by atoms with van der Waals surface area (Å²) in [6, 6.07) is 11.4. The Balaban J connectivity index is 1.92. The minimum Gasteiger partial charge on any atom is -0.365 e. The quantitative estimate of drug-likeness (QED) is 0.699. The molecular weight excluding hydrogens is 367 g/mol. The molecule has 142 valence electrons. The molecule has 0 bridgehead atoms. The summed E-state index contributed by atoms with van der Waals surface area (Å²) in [4.78, 5) is 8.31. The molecule has 8 heteroatoms. The molecule has 3 rings (SSSR count). The molecule has 3 aromatic rings. The highest BCUT2D eigenvalue weighted by molar-refractivity contribution is 7.89. The van der Waals surface area contributed by atoms with Gasteiger partial charge < -0.3 is 5.32 Å². The molecule has 0 unspecified atom stereocenters. The van der Waals surface area contributed by atoms with Crippen LogP contribution in [-0.4, -0.2) is 23.9 Å². The zero-order valence-corrected chi connectivity index (χ0v) is 16.1. The van der Waals surface area contributed by atoms with E-state index in [4.69, 9.17) is 0 Å². The maximum atomic E-state index is 13.9. The smallest absolute Gasteiger partial charge is 0.241 e. The lowest BCUT2D eigenvalue weighted by Crippen LogP contribution is -2.40. The van der Waals surface area contributed by atoms with Gasteiger partial charge >= 0.3 is 0 Å². The van der Waals surface area contributed by atoms with Crippen molar-refractivity contribution in [2.24, 2.45) is 0 Å². The van der Waals surface area contributed by atoms with Gasteiger partial charge in [0.1, 0.15) is 23.5 Å². The van der Waals surface area contributed by atoms with E-state index in [-0.39, 0.29) is 17.0 Å². The van der Waals surface area contributed by atoms with Gasteiger partial charge in [0.2, 0.25) is 10.0 Å². The Morgan fingerprint density at radius 1 is 1.04 bits per heavy atom. The number of hydrogen-bond acceptors (Lipinski definition) is 5. The number of halogens is 1. The monoisotopic (exact) mass is 388 g/mol. The van der Waals surface area contributed by atoms with Crippen molar-refractivity contribution in [1.82, 2.24) is 14.7 Å². The zero-order chi connectivity index (χ0) is 19.7. The van der Waals surface area contributed by atoms with E-state index in [9.17, 15) is 12.8 Å². The molecule has 0 saturated carbocycles. The van der Waals surface area contributed by atoms with E-state index in [0.29, 0.717) is 16.8 Å². The van der Waals surface area contributed by atoms with Gasteiger partial charge in [0.25, 0.3) is 0 Å². The summed E-state index contributed by atoms with van der Waals surface area (Å²) in [6.45, 7) is 5.57. The van der Waals surface area contributed by atoms with Gasteiger partial charge in [-0.25, -0.2) is 27.5 Å². The first kappa shape index (κ1) is 19.2. The van der Waals surface area contributed by atoms with Crippen molar-refractivity contribution < 1.29 is 12.8 Å². The number of fused-ring (bicyclic) bond motifs is 1. The number of nitrogens with zero attached hydrogens (tertiary/aromatic N) is 2. The molecule has 0 saturated heterocycles. The first-order valence-electron chi connectivity index (χ1n) is 8.42. The summed E-state index contributed by atoms with van der Waals surface area (Å²) in [5.41, 5.74) is 0.197. The van der Waals surface area contributed by atoms with Crippen LogP contribution in [0.25, 0.3) is 10.9 Å². The number of benzene rings is 2. The van der Waals surface area contributed by atoms with E-state index in [0.717, 1.165) is 0 Å². The summed E-state index contributed by atoms with van der Waals surface area (Å²) in [5, 5.41) is 3.63. The molecule has 0 aliphatic carbocycles. The first-order valence-corrected chi connectivity index (χ1v) is 9.91. The lowest BCUT2D eigenvalue weighted by atomic mass is 10.1. The van der Waals surface area contributed by atoms with Crippen molar-refractivity contribution in [3.05, 3.63) is 60.2 Å². The van der Waals surface area contributed by atoms with Crippen LogP contribution in [0, 0.1) is 5.82 Å². The van der Waals surface area contributed by atoms with Crippen molar-refractivity contribution >= 4 is 26.7 Å². The van der Waals surface area contributed by atoms with E-state index < -0.39 is 21.4 Å². The van der Waals surface area contributed by atoms with Crippen LogP contribution < -0.4 is 10.0 Å². The van der Waals surface area contributed by atoms with Crippen molar-refractivity contribution in [2.45, 2.75) is 37.8 Å². The zero-order valence-electron chi connectivity index (χ0n) is 15.3. The third-order valence-corrected chi connectivity index (χ3v) is 5.62. The highest BCUT2D eigenvalue weighted by Gasteiger charge is 2.24. The van der Waals surface area contributed by atoms with Crippen LogP contribution in [0.4, 0.5) is 10.2 Å². The minimum absolute atomic E-state index is 0.192. The second kappa shape index (κ2) is 7.21. The maximum absolute atomic E-state index is 13.9. The lowest BCUT2D eigenvalue weighted by Gasteiger charge is -2.21. The molecule has 1 aromatic heterocycles. The van der Waals surface area contributed by atoms with Gasteiger partial charge in [-0.15, -0.1) is 0 Å². The van der Waals surface area contributed by atoms with E-state index in [2.05, 4.69) is 20.0 Å². The lowest BCUT2D eigenvalue weighted by molar-refractivity contribution is 0.491. The Morgan fingerprint density at radius 2 is 1.78 bits per heavy atom. The molecule has 2 aromatic carbocycles. The Bertz CT molecular complexity index is 1080. The fraction of sp³-hybridized carbons (Fsp3) is 0.263. The number of hydrogen-bond donors (Lipinski definition) is 2. The van der Waals surface area contributed by atoms with Gasteiger partial charge in [0, 0.05) is 17.5 Å². The van der Waals surface area contributed by atoms with Gasteiger partial charge in [-0.1, -0.05) is 24.3 Å². The van der Waals surface area contributed by atoms with Gasteiger partial charge in [-0.2, -0.15) is 0 Å². The topological polar surface area (TPSA) is 84.0 Å². The average Bonchev–Trinajstić information content (AvgIpc) is 2.58. The van der Waals surface area contributed by atoms with Crippen LogP contribution in [0.1, 0.15) is 26.3 Å². The molecule has 0 spiro atoms. The molecule has 0 amide bonds. The van der Waals surface area contributed by atoms with Crippen LogP contribution in [0.5, 0.6) is 0 Å². The number of para-hydroxylation sites is 1. The second-order valence-corrected chi connectivity index (χ2v) is 8.83.